The highest BCUT2D eigenvalue weighted by Gasteiger charge is 2.06. The zero-order valence-electron chi connectivity index (χ0n) is 11.9. The third-order valence-electron chi connectivity index (χ3n) is 2.70. The first-order valence-corrected chi connectivity index (χ1v) is 7.84. The number of unbranched alkanes of at least 4 members (excludes halogenated alkanes) is 1. The van der Waals surface area contributed by atoms with E-state index in [1.807, 2.05) is 38.3 Å². The summed E-state index contributed by atoms with van der Waals surface area (Å²) in [5.74, 6) is 0. The molecule has 0 heterocycles. The molecule has 0 aliphatic heterocycles. The fourth-order valence-corrected chi connectivity index (χ4v) is 2.31. The molecule has 0 bridgehead atoms. The fraction of sp³-hybridized carbons (Fsp3) is 0.533. The summed E-state index contributed by atoms with van der Waals surface area (Å²) in [6.07, 6.45) is 4.37. The van der Waals surface area contributed by atoms with Crippen LogP contribution in [-0.2, 0) is 4.74 Å². The summed E-state index contributed by atoms with van der Waals surface area (Å²) in [6, 6.07) is 8.20. The van der Waals surface area contributed by atoms with E-state index in [0.717, 1.165) is 42.1 Å². The van der Waals surface area contributed by atoms with Crippen LogP contribution in [-0.4, -0.2) is 25.5 Å². The number of hydrogen-bond acceptors (Lipinski definition) is 4. The Balaban J connectivity index is 2.39. The lowest BCUT2D eigenvalue weighted by Gasteiger charge is -2.11. The number of benzene rings is 1. The third-order valence-corrected chi connectivity index (χ3v) is 3.48. The first kappa shape index (κ1) is 15.9. The van der Waals surface area contributed by atoms with Gasteiger partial charge in [-0.05, 0) is 45.1 Å². The average molecular weight is 278 g/mol. The van der Waals surface area contributed by atoms with E-state index in [4.69, 9.17) is 4.74 Å². The zero-order valence-corrected chi connectivity index (χ0v) is 12.7. The number of anilines is 1. The highest BCUT2D eigenvalue weighted by molar-refractivity contribution is 7.98. The summed E-state index contributed by atoms with van der Waals surface area (Å²) in [4.78, 5) is 1.02. The van der Waals surface area contributed by atoms with E-state index in [0.29, 0.717) is 6.10 Å². The standard InChI is InChI=1S/C15H22N2OS/c1-12(2)18-10-5-4-9-17-14-7-6-8-15(19-3)13(14)11-16/h6-8,12,17H,4-5,9-10H2,1-3H3. The largest absolute Gasteiger partial charge is 0.384 e. The van der Waals surface area contributed by atoms with E-state index in [1.165, 1.54) is 0 Å². The van der Waals surface area contributed by atoms with Crippen molar-refractivity contribution in [3.8, 4) is 6.07 Å². The molecule has 3 nitrogen and oxygen atoms in total. The van der Waals surface area contributed by atoms with Crippen LogP contribution in [0.3, 0.4) is 0 Å². The molecule has 0 atom stereocenters. The second-order valence-corrected chi connectivity index (χ2v) is 5.40. The minimum absolute atomic E-state index is 0.302. The van der Waals surface area contributed by atoms with Crippen molar-refractivity contribution in [2.45, 2.75) is 37.7 Å². The molecule has 0 amide bonds. The summed E-state index contributed by atoms with van der Waals surface area (Å²) in [6.45, 7) is 5.76. The molecule has 19 heavy (non-hydrogen) atoms. The van der Waals surface area contributed by atoms with Gasteiger partial charge in [0.2, 0.25) is 0 Å². The van der Waals surface area contributed by atoms with Crippen molar-refractivity contribution < 1.29 is 4.74 Å². The fourth-order valence-electron chi connectivity index (χ4n) is 1.73. The van der Waals surface area contributed by atoms with Gasteiger partial charge in [-0.15, -0.1) is 11.8 Å². The highest BCUT2D eigenvalue weighted by Crippen LogP contribution is 2.26. The van der Waals surface area contributed by atoms with Gasteiger partial charge in [-0.25, -0.2) is 0 Å². The Hall–Kier alpha value is -1.18. The molecule has 104 valence electrons. The molecule has 0 radical (unpaired) electrons. The number of thioether (sulfide) groups is 1. The van der Waals surface area contributed by atoms with Crippen molar-refractivity contribution in [2.24, 2.45) is 0 Å². The van der Waals surface area contributed by atoms with E-state index in [1.54, 1.807) is 11.8 Å². The van der Waals surface area contributed by atoms with E-state index in [2.05, 4.69) is 11.4 Å². The van der Waals surface area contributed by atoms with E-state index >= 15 is 0 Å². The summed E-state index contributed by atoms with van der Waals surface area (Å²) < 4.78 is 5.49. The number of hydrogen-bond donors (Lipinski definition) is 1. The SMILES string of the molecule is CSc1cccc(NCCCCOC(C)C)c1C#N. The van der Waals surface area contributed by atoms with Crippen molar-refractivity contribution >= 4 is 17.4 Å². The Kier molecular flexibility index (Phi) is 7.39. The van der Waals surface area contributed by atoms with Crippen LogP contribution >= 0.6 is 11.8 Å². The van der Waals surface area contributed by atoms with Crippen molar-refractivity contribution in [1.82, 2.24) is 0 Å². The number of nitrogens with zero attached hydrogens (tertiary/aromatic N) is 1. The lowest BCUT2D eigenvalue weighted by atomic mass is 10.2. The summed E-state index contributed by atoms with van der Waals surface area (Å²) >= 11 is 1.60. The van der Waals surface area contributed by atoms with Gasteiger partial charge in [0.1, 0.15) is 6.07 Å². The molecule has 0 fully saturated rings. The summed E-state index contributed by atoms with van der Waals surface area (Å²) in [7, 11) is 0. The number of rotatable bonds is 8. The molecule has 0 unspecified atom stereocenters. The Labute approximate surface area is 120 Å². The number of ether oxygens (including phenoxy) is 1. The van der Waals surface area contributed by atoms with Crippen LogP contribution in [0.2, 0.25) is 0 Å². The Morgan fingerprint density at radius 1 is 1.37 bits per heavy atom. The second-order valence-electron chi connectivity index (χ2n) is 4.55. The van der Waals surface area contributed by atoms with Crippen molar-refractivity contribution in [3.63, 3.8) is 0 Å². The minimum Gasteiger partial charge on any atom is -0.384 e. The highest BCUT2D eigenvalue weighted by atomic mass is 32.2. The number of nitrogens with one attached hydrogen (secondary N) is 1. The zero-order chi connectivity index (χ0) is 14.1. The molecular formula is C15H22N2OS. The van der Waals surface area contributed by atoms with Gasteiger partial charge in [-0.1, -0.05) is 6.07 Å². The van der Waals surface area contributed by atoms with Crippen LogP contribution in [0, 0.1) is 11.3 Å². The van der Waals surface area contributed by atoms with Crippen molar-refractivity contribution in [1.29, 1.82) is 5.26 Å². The minimum atomic E-state index is 0.302. The van der Waals surface area contributed by atoms with Gasteiger partial charge in [-0.3, -0.25) is 0 Å². The smallest absolute Gasteiger partial charge is 0.102 e. The first-order chi connectivity index (χ1) is 9.19. The molecular weight excluding hydrogens is 256 g/mol. The molecule has 0 aliphatic rings. The summed E-state index contributed by atoms with van der Waals surface area (Å²) in [5, 5.41) is 12.5. The molecule has 1 N–H and O–H groups in total. The molecule has 1 aromatic carbocycles. The molecule has 1 rings (SSSR count). The van der Waals surface area contributed by atoms with Crippen LogP contribution in [0.15, 0.2) is 23.1 Å². The van der Waals surface area contributed by atoms with E-state index in [9.17, 15) is 5.26 Å². The monoisotopic (exact) mass is 278 g/mol. The summed E-state index contributed by atoms with van der Waals surface area (Å²) in [5.41, 5.74) is 1.67. The molecule has 4 heteroatoms. The number of nitriles is 1. The molecule has 0 saturated heterocycles. The van der Waals surface area contributed by atoms with Gasteiger partial charge >= 0.3 is 0 Å². The lowest BCUT2D eigenvalue weighted by Crippen LogP contribution is -2.07. The Bertz CT molecular complexity index is 427. The molecule has 0 spiro atoms. The predicted molar refractivity (Wildman–Crippen MR) is 81.7 cm³/mol. The maximum atomic E-state index is 9.21. The average Bonchev–Trinajstić information content (AvgIpc) is 2.41. The molecule has 1 aromatic rings. The van der Waals surface area contributed by atoms with Gasteiger partial charge in [0.05, 0.1) is 17.4 Å². The van der Waals surface area contributed by atoms with Crippen LogP contribution in [0.5, 0.6) is 0 Å². The lowest BCUT2D eigenvalue weighted by molar-refractivity contribution is 0.0765. The van der Waals surface area contributed by atoms with Crippen molar-refractivity contribution in [3.05, 3.63) is 23.8 Å². The molecule has 0 aliphatic carbocycles. The van der Waals surface area contributed by atoms with E-state index < -0.39 is 0 Å². The second kappa shape index (κ2) is 8.84. The van der Waals surface area contributed by atoms with Crippen LogP contribution < -0.4 is 5.32 Å². The topological polar surface area (TPSA) is 45.0 Å². The normalized spacial score (nSPS) is 10.5. The Morgan fingerprint density at radius 2 is 2.16 bits per heavy atom. The quantitative estimate of drug-likeness (QED) is 0.578. The molecule has 0 saturated carbocycles. The van der Waals surface area contributed by atoms with Gasteiger partial charge in [0, 0.05) is 18.0 Å². The van der Waals surface area contributed by atoms with Crippen LogP contribution in [0.25, 0.3) is 0 Å². The molecule has 0 aromatic heterocycles. The van der Waals surface area contributed by atoms with Crippen molar-refractivity contribution in [2.75, 3.05) is 24.7 Å². The Morgan fingerprint density at radius 3 is 2.79 bits per heavy atom. The van der Waals surface area contributed by atoms with Gasteiger partial charge < -0.3 is 10.1 Å². The van der Waals surface area contributed by atoms with Gasteiger partial charge in [0.15, 0.2) is 0 Å². The maximum Gasteiger partial charge on any atom is 0.102 e. The van der Waals surface area contributed by atoms with Gasteiger partial charge in [0.25, 0.3) is 0 Å². The van der Waals surface area contributed by atoms with Gasteiger partial charge in [-0.2, -0.15) is 5.26 Å². The van der Waals surface area contributed by atoms with Crippen LogP contribution in [0.4, 0.5) is 5.69 Å². The first-order valence-electron chi connectivity index (χ1n) is 6.61. The van der Waals surface area contributed by atoms with E-state index in [-0.39, 0.29) is 0 Å². The maximum absolute atomic E-state index is 9.21. The van der Waals surface area contributed by atoms with Crippen LogP contribution in [0.1, 0.15) is 32.3 Å². The third kappa shape index (κ3) is 5.54. The predicted octanol–water partition coefficient (Wildman–Crippen LogP) is 3.90.